The lowest BCUT2D eigenvalue weighted by Gasteiger charge is -2.34. The molecule has 0 radical (unpaired) electrons. The van der Waals surface area contributed by atoms with E-state index in [0.717, 1.165) is 5.69 Å². The highest BCUT2D eigenvalue weighted by molar-refractivity contribution is 7.20. The highest BCUT2D eigenvalue weighted by atomic mass is 28.3. The average Bonchev–Trinajstić information content (AvgIpc) is 3.88. The lowest BCUT2D eigenvalue weighted by atomic mass is 9.94. The van der Waals surface area contributed by atoms with Crippen LogP contribution in [0.4, 0.5) is 0 Å². The van der Waals surface area contributed by atoms with Gasteiger partial charge in [0.05, 0.1) is 27.8 Å². The number of hydrogen-bond acceptors (Lipinski definition) is 0. The van der Waals surface area contributed by atoms with Crippen molar-refractivity contribution in [1.29, 1.82) is 0 Å². The molecule has 0 fully saturated rings. The second-order valence-corrected chi connectivity index (χ2v) is 20.2. The Labute approximate surface area is 368 Å². The van der Waals surface area contributed by atoms with Gasteiger partial charge in [0.25, 0.3) is 0 Å². The molecule has 10 aromatic carbocycles. The predicted octanol–water partition coefficient (Wildman–Crippen LogP) is 12.6. The Bertz CT molecular complexity index is 3500. The van der Waals surface area contributed by atoms with Crippen LogP contribution >= 0.6 is 0 Å². The molecule has 296 valence electrons. The van der Waals surface area contributed by atoms with Crippen molar-refractivity contribution < 1.29 is 0 Å². The van der Waals surface area contributed by atoms with Gasteiger partial charge in [0.15, 0.2) is 8.07 Å². The van der Waals surface area contributed by atoms with E-state index in [1.165, 1.54) is 92.3 Å². The molecule has 12 rings (SSSR count). The van der Waals surface area contributed by atoms with Gasteiger partial charge in [-0.15, -0.1) is 0 Å². The summed E-state index contributed by atoms with van der Waals surface area (Å²) in [4.78, 5) is 0. The maximum Gasteiger partial charge on any atom is 0.179 e. The van der Waals surface area contributed by atoms with Crippen molar-refractivity contribution in [1.82, 2.24) is 9.13 Å². The van der Waals surface area contributed by atoms with Gasteiger partial charge in [-0.25, -0.2) is 0 Å². The first-order chi connectivity index (χ1) is 31.3. The van der Waals surface area contributed by atoms with Crippen LogP contribution in [-0.2, 0) is 0 Å². The molecule has 0 aliphatic carbocycles. The number of hydrogen-bond donors (Lipinski definition) is 0. The van der Waals surface area contributed by atoms with Crippen molar-refractivity contribution in [3.63, 3.8) is 0 Å². The van der Waals surface area contributed by atoms with Gasteiger partial charge >= 0.3 is 0 Å². The Morgan fingerprint density at radius 3 is 1.35 bits per heavy atom. The van der Waals surface area contributed by atoms with Crippen LogP contribution in [-0.4, -0.2) is 17.2 Å². The molecule has 3 heteroatoms. The van der Waals surface area contributed by atoms with Crippen LogP contribution in [0, 0.1) is 0 Å². The van der Waals surface area contributed by atoms with Crippen LogP contribution in [0.2, 0.25) is 0 Å². The minimum absolute atomic E-state index is 1.13. The van der Waals surface area contributed by atoms with Gasteiger partial charge in [0.2, 0.25) is 0 Å². The van der Waals surface area contributed by atoms with Crippen molar-refractivity contribution in [2.45, 2.75) is 0 Å². The third-order valence-corrected chi connectivity index (χ3v) is 17.8. The topological polar surface area (TPSA) is 9.86 Å². The first-order valence-corrected chi connectivity index (χ1v) is 23.8. The number of fused-ring (bicyclic) bond motifs is 6. The minimum Gasteiger partial charge on any atom is -0.309 e. The maximum atomic E-state index is 2.54. The normalized spacial score (nSPS) is 11.8. The first-order valence-electron chi connectivity index (χ1n) is 21.8. The molecule has 2 heterocycles. The molecular formula is C60H42N2Si. The van der Waals surface area contributed by atoms with Crippen LogP contribution in [0.3, 0.4) is 0 Å². The third kappa shape index (κ3) is 5.85. The fourth-order valence-corrected chi connectivity index (χ4v) is 15.2. The van der Waals surface area contributed by atoms with E-state index in [1.54, 1.807) is 0 Å². The smallest absolute Gasteiger partial charge is 0.179 e. The fraction of sp³-hybridized carbons (Fsp3) is 0. The highest BCUT2D eigenvalue weighted by Gasteiger charge is 2.41. The van der Waals surface area contributed by atoms with Crippen molar-refractivity contribution >= 4 is 72.4 Å². The fourth-order valence-electron chi connectivity index (χ4n) is 10.4. The molecule has 0 saturated carbocycles. The Morgan fingerprint density at radius 2 is 0.746 bits per heavy atom. The van der Waals surface area contributed by atoms with E-state index >= 15 is 0 Å². The van der Waals surface area contributed by atoms with Gasteiger partial charge in [-0.1, -0.05) is 212 Å². The van der Waals surface area contributed by atoms with Crippen LogP contribution in [0.5, 0.6) is 0 Å². The van der Waals surface area contributed by atoms with Crippen molar-refractivity contribution in [3.05, 3.63) is 255 Å². The lowest BCUT2D eigenvalue weighted by Crippen LogP contribution is -2.74. The third-order valence-electron chi connectivity index (χ3n) is 13.1. The Balaban J connectivity index is 1.15. The summed E-state index contributed by atoms with van der Waals surface area (Å²) < 4.78 is 5.01. The summed E-state index contributed by atoms with van der Waals surface area (Å²) >= 11 is 0. The number of aromatic nitrogens is 2. The molecule has 2 aromatic heterocycles. The first kappa shape index (κ1) is 36.8. The van der Waals surface area contributed by atoms with Crippen LogP contribution in [0.15, 0.2) is 255 Å². The minimum atomic E-state index is -2.81. The monoisotopic (exact) mass is 818 g/mol. The van der Waals surface area contributed by atoms with Gasteiger partial charge in [-0.3, -0.25) is 0 Å². The summed E-state index contributed by atoms with van der Waals surface area (Å²) in [6.07, 6.45) is 0. The van der Waals surface area contributed by atoms with E-state index in [0.29, 0.717) is 0 Å². The number of nitrogens with zero attached hydrogens (tertiary/aromatic N) is 2. The standard InChI is InChI=1S/C60H42N2Si/c1-6-21-43(22-7-1)50-39-37-45(41-54(50)44-23-8-2-9-24-44)61-56-34-19-17-32-53(56)60-57(61)35-20-36-58(60)62-55-33-18-16-31-51(55)52-40-38-49(42-59(52)62)63(46-25-10-3-11-26-46,47-27-12-4-13-28-47)48-29-14-5-15-30-48/h1-42H. The maximum absolute atomic E-state index is 2.81. The summed E-state index contributed by atoms with van der Waals surface area (Å²) in [6, 6.07) is 94.2. The quantitative estimate of drug-likeness (QED) is 0.107. The summed E-state index contributed by atoms with van der Waals surface area (Å²) in [5.74, 6) is 0. The average molecular weight is 819 g/mol. The van der Waals surface area contributed by atoms with E-state index in [9.17, 15) is 0 Å². The largest absolute Gasteiger partial charge is 0.309 e. The molecule has 0 unspecified atom stereocenters. The van der Waals surface area contributed by atoms with Gasteiger partial charge in [-0.05, 0) is 85.5 Å². The molecule has 0 amide bonds. The Morgan fingerprint density at radius 1 is 0.270 bits per heavy atom. The predicted molar refractivity (Wildman–Crippen MR) is 270 cm³/mol. The number of rotatable bonds is 8. The van der Waals surface area contributed by atoms with E-state index in [4.69, 9.17) is 0 Å². The molecule has 0 aliphatic rings. The highest BCUT2D eigenvalue weighted by Crippen LogP contribution is 2.41. The molecule has 0 N–H and O–H groups in total. The Hall–Kier alpha value is -7.98. The van der Waals surface area contributed by atoms with E-state index in [2.05, 4.69) is 264 Å². The van der Waals surface area contributed by atoms with E-state index in [1.807, 2.05) is 0 Å². The van der Waals surface area contributed by atoms with Crippen molar-refractivity contribution in [2.75, 3.05) is 0 Å². The van der Waals surface area contributed by atoms with Crippen LogP contribution in [0.1, 0.15) is 0 Å². The zero-order valence-electron chi connectivity index (χ0n) is 34.6. The van der Waals surface area contributed by atoms with Gasteiger partial charge < -0.3 is 9.13 Å². The zero-order valence-corrected chi connectivity index (χ0v) is 35.6. The lowest BCUT2D eigenvalue weighted by molar-refractivity contribution is 1.17. The van der Waals surface area contributed by atoms with Gasteiger partial charge in [-0.2, -0.15) is 0 Å². The molecule has 0 spiro atoms. The number of para-hydroxylation sites is 2. The van der Waals surface area contributed by atoms with Crippen LogP contribution < -0.4 is 20.7 Å². The van der Waals surface area contributed by atoms with Crippen molar-refractivity contribution in [3.8, 4) is 33.6 Å². The zero-order chi connectivity index (χ0) is 41.7. The summed E-state index contributed by atoms with van der Waals surface area (Å²) in [7, 11) is -2.81. The van der Waals surface area contributed by atoms with E-state index < -0.39 is 8.07 Å². The second kappa shape index (κ2) is 15.2. The molecule has 0 atom stereocenters. The molecule has 0 bridgehead atoms. The second-order valence-electron chi connectivity index (χ2n) is 16.4. The van der Waals surface area contributed by atoms with E-state index in [-0.39, 0.29) is 0 Å². The molecule has 0 aliphatic heterocycles. The van der Waals surface area contributed by atoms with Gasteiger partial charge in [0, 0.05) is 27.2 Å². The summed E-state index contributed by atoms with van der Waals surface area (Å²) in [6.45, 7) is 0. The molecule has 12 aromatic rings. The molecule has 2 nitrogen and oxygen atoms in total. The Kier molecular flexibility index (Phi) is 8.87. The van der Waals surface area contributed by atoms with Gasteiger partial charge in [0.1, 0.15) is 0 Å². The molecule has 63 heavy (non-hydrogen) atoms. The summed E-state index contributed by atoms with van der Waals surface area (Å²) in [5.41, 5.74) is 11.9. The van der Waals surface area contributed by atoms with Crippen LogP contribution in [0.25, 0.3) is 77.2 Å². The summed E-state index contributed by atoms with van der Waals surface area (Å²) in [5, 5.41) is 10.4. The molecular weight excluding hydrogens is 777 g/mol. The van der Waals surface area contributed by atoms with Crippen molar-refractivity contribution in [2.24, 2.45) is 0 Å². The molecule has 0 saturated heterocycles. The SMILES string of the molecule is c1ccc(-c2ccc(-n3c4ccccc4c4c(-n5c6ccccc6c6ccc([Si](c7ccccc7)(c7ccccc7)c7ccccc7)cc65)cccc43)cc2-c2ccccc2)cc1. The number of benzene rings is 10.